The fraction of sp³-hybridized carbons (Fsp3) is 0.500. The van der Waals surface area contributed by atoms with Crippen LogP contribution < -0.4 is 10.1 Å². The molecule has 0 radical (unpaired) electrons. The van der Waals surface area contributed by atoms with E-state index >= 15 is 0 Å². The first-order chi connectivity index (χ1) is 11.1. The minimum absolute atomic E-state index is 0.00724. The molecule has 1 unspecified atom stereocenters. The van der Waals surface area contributed by atoms with Gasteiger partial charge in [-0.2, -0.15) is 13.2 Å². The highest BCUT2D eigenvalue weighted by Gasteiger charge is 2.33. The Hall–Kier alpha value is -2.25. The van der Waals surface area contributed by atoms with E-state index in [9.17, 15) is 27.9 Å². The molecule has 1 aromatic carbocycles. The lowest BCUT2D eigenvalue weighted by molar-refractivity contribution is -0.153. The fourth-order valence-electron chi connectivity index (χ4n) is 2.17. The molecule has 1 rings (SSSR count). The largest absolute Gasteiger partial charge is 0.484 e. The maximum absolute atomic E-state index is 12.1. The van der Waals surface area contributed by atoms with Crippen LogP contribution in [0.4, 0.5) is 13.2 Å². The van der Waals surface area contributed by atoms with E-state index in [0.717, 1.165) is 0 Å². The van der Waals surface area contributed by atoms with Gasteiger partial charge in [-0.15, -0.1) is 0 Å². The smallest absolute Gasteiger partial charge is 0.422 e. The van der Waals surface area contributed by atoms with Crippen LogP contribution in [-0.4, -0.2) is 35.3 Å². The molecule has 0 spiro atoms. The zero-order valence-electron chi connectivity index (χ0n) is 13.4. The van der Waals surface area contributed by atoms with Crippen molar-refractivity contribution in [2.45, 2.75) is 44.8 Å². The topological polar surface area (TPSA) is 75.6 Å². The van der Waals surface area contributed by atoms with Crippen LogP contribution in [0.5, 0.6) is 5.75 Å². The van der Waals surface area contributed by atoms with Gasteiger partial charge in [0.05, 0.1) is 6.42 Å². The molecule has 1 atom stereocenters. The number of amides is 1. The number of rotatable bonds is 8. The third-order valence-corrected chi connectivity index (χ3v) is 3.30. The second kappa shape index (κ2) is 8.03. The summed E-state index contributed by atoms with van der Waals surface area (Å²) in [5.74, 6) is -1.67. The van der Waals surface area contributed by atoms with Crippen molar-refractivity contribution in [3.8, 4) is 5.75 Å². The summed E-state index contributed by atoms with van der Waals surface area (Å²) in [6, 6.07) is 5.70. The summed E-state index contributed by atoms with van der Waals surface area (Å²) in [6.07, 6.45) is -3.76. The highest BCUT2D eigenvalue weighted by molar-refractivity contribution is 5.87. The van der Waals surface area contributed by atoms with Crippen LogP contribution in [0.25, 0.3) is 0 Å². The van der Waals surface area contributed by atoms with Gasteiger partial charge in [-0.3, -0.25) is 4.79 Å². The number of carbonyl (C=O) groups is 2. The van der Waals surface area contributed by atoms with E-state index in [0.29, 0.717) is 12.0 Å². The molecule has 0 aromatic heterocycles. The van der Waals surface area contributed by atoms with Crippen LogP contribution in [0.1, 0.15) is 32.3 Å². The minimum Gasteiger partial charge on any atom is -0.484 e. The third kappa shape index (κ3) is 6.47. The Labute approximate surface area is 137 Å². The van der Waals surface area contributed by atoms with Crippen LogP contribution in [0, 0.1) is 0 Å². The van der Waals surface area contributed by atoms with Crippen LogP contribution >= 0.6 is 0 Å². The summed E-state index contributed by atoms with van der Waals surface area (Å²) in [6.45, 7) is 1.80. The van der Waals surface area contributed by atoms with Crippen LogP contribution in [0.3, 0.4) is 0 Å². The molecule has 2 N–H and O–H groups in total. The van der Waals surface area contributed by atoms with Gasteiger partial charge < -0.3 is 15.2 Å². The SMILES string of the molecule is CCCC(C)(NC(=O)Cc1cccc(OCC(F)(F)F)c1)C(=O)O. The first-order valence-corrected chi connectivity index (χ1v) is 7.38. The summed E-state index contributed by atoms with van der Waals surface area (Å²) in [5, 5.41) is 11.7. The molecule has 0 heterocycles. The van der Waals surface area contributed by atoms with Crippen molar-refractivity contribution >= 4 is 11.9 Å². The Morgan fingerprint density at radius 2 is 1.96 bits per heavy atom. The standard InChI is InChI=1S/C16H20F3NO4/c1-3-7-15(2,14(22)23)20-13(21)9-11-5-4-6-12(8-11)24-10-16(17,18)19/h4-6,8H,3,7,9-10H2,1-2H3,(H,20,21)(H,22,23). The number of hydrogen-bond donors (Lipinski definition) is 2. The summed E-state index contributed by atoms with van der Waals surface area (Å²) in [5.41, 5.74) is -0.952. The van der Waals surface area contributed by atoms with Gasteiger partial charge in [-0.05, 0) is 31.0 Å². The maximum atomic E-state index is 12.1. The number of hydrogen-bond acceptors (Lipinski definition) is 3. The number of nitrogens with one attached hydrogen (secondary N) is 1. The number of alkyl halides is 3. The Balaban J connectivity index is 2.72. The number of carboxylic acids is 1. The van der Waals surface area contributed by atoms with Gasteiger partial charge in [0, 0.05) is 0 Å². The van der Waals surface area contributed by atoms with Crippen LogP contribution in [-0.2, 0) is 16.0 Å². The lowest BCUT2D eigenvalue weighted by Crippen LogP contribution is -2.52. The van der Waals surface area contributed by atoms with Gasteiger partial charge >= 0.3 is 12.1 Å². The quantitative estimate of drug-likeness (QED) is 0.758. The number of ether oxygens (including phenoxy) is 1. The van der Waals surface area contributed by atoms with Crippen molar-refractivity contribution in [2.75, 3.05) is 6.61 Å². The molecule has 0 fully saturated rings. The molecule has 24 heavy (non-hydrogen) atoms. The number of carboxylic acid groups (broad SMARTS) is 1. The molecule has 0 aliphatic rings. The van der Waals surface area contributed by atoms with Gasteiger partial charge in [0.1, 0.15) is 11.3 Å². The number of benzene rings is 1. The van der Waals surface area contributed by atoms with Gasteiger partial charge in [-0.25, -0.2) is 4.79 Å². The van der Waals surface area contributed by atoms with Crippen LogP contribution in [0.2, 0.25) is 0 Å². The fourth-order valence-corrected chi connectivity index (χ4v) is 2.17. The minimum atomic E-state index is -4.45. The summed E-state index contributed by atoms with van der Waals surface area (Å²) in [7, 11) is 0. The molecule has 0 saturated carbocycles. The highest BCUT2D eigenvalue weighted by Crippen LogP contribution is 2.20. The Morgan fingerprint density at radius 3 is 2.50 bits per heavy atom. The van der Waals surface area contributed by atoms with E-state index < -0.39 is 30.2 Å². The van der Waals surface area contributed by atoms with Crippen molar-refractivity contribution in [3.63, 3.8) is 0 Å². The Bertz CT molecular complexity index is 589. The number of aliphatic carboxylic acids is 1. The molecular weight excluding hydrogens is 327 g/mol. The zero-order valence-corrected chi connectivity index (χ0v) is 13.4. The molecule has 0 aliphatic heterocycles. The van der Waals surface area contributed by atoms with Gasteiger partial charge in [0.25, 0.3) is 0 Å². The van der Waals surface area contributed by atoms with Crippen molar-refractivity contribution in [1.82, 2.24) is 5.32 Å². The van der Waals surface area contributed by atoms with E-state index in [1.54, 1.807) is 13.0 Å². The van der Waals surface area contributed by atoms with Gasteiger partial charge in [0.2, 0.25) is 5.91 Å². The molecule has 1 amide bonds. The molecule has 0 aliphatic carbocycles. The molecule has 1 aromatic rings. The second-order valence-corrected chi connectivity index (χ2v) is 5.66. The van der Waals surface area contributed by atoms with Gasteiger partial charge in [0.15, 0.2) is 6.61 Å². The average Bonchev–Trinajstić information content (AvgIpc) is 2.44. The number of halogens is 3. The van der Waals surface area contributed by atoms with Crippen molar-refractivity contribution < 1.29 is 32.6 Å². The van der Waals surface area contributed by atoms with E-state index in [-0.39, 0.29) is 18.6 Å². The van der Waals surface area contributed by atoms with E-state index in [2.05, 4.69) is 10.1 Å². The molecule has 0 saturated heterocycles. The second-order valence-electron chi connectivity index (χ2n) is 5.66. The van der Waals surface area contributed by atoms with E-state index in [1.165, 1.54) is 25.1 Å². The first-order valence-electron chi connectivity index (χ1n) is 7.38. The molecular formula is C16H20F3NO4. The molecule has 8 heteroatoms. The van der Waals surface area contributed by atoms with E-state index in [1.807, 2.05) is 0 Å². The number of carbonyl (C=O) groups excluding carboxylic acids is 1. The van der Waals surface area contributed by atoms with Crippen molar-refractivity contribution in [2.24, 2.45) is 0 Å². The Kier molecular flexibility index (Phi) is 6.62. The monoisotopic (exact) mass is 347 g/mol. The zero-order chi connectivity index (χ0) is 18.4. The normalized spacial score (nSPS) is 13.9. The average molecular weight is 347 g/mol. The van der Waals surface area contributed by atoms with E-state index in [4.69, 9.17) is 0 Å². The molecule has 5 nitrogen and oxygen atoms in total. The first kappa shape index (κ1) is 19.8. The van der Waals surface area contributed by atoms with Gasteiger partial charge in [-0.1, -0.05) is 25.5 Å². The van der Waals surface area contributed by atoms with Crippen molar-refractivity contribution in [1.29, 1.82) is 0 Å². The summed E-state index contributed by atoms with van der Waals surface area (Å²) < 4.78 is 41.0. The lowest BCUT2D eigenvalue weighted by atomic mass is 9.96. The predicted molar refractivity (Wildman–Crippen MR) is 80.8 cm³/mol. The summed E-state index contributed by atoms with van der Waals surface area (Å²) >= 11 is 0. The third-order valence-electron chi connectivity index (χ3n) is 3.30. The highest BCUT2D eigenvalue weighted by atomic mass is 19.4. The molecule has 0 bridgehead atoms. The van der Waals surface area contributed by atoms with Crippen LogP contribution in [0.15, 0.2) is 24.3 Å². The summed E-state index contributed by atoms with van der Waals surface area (Å²) in [4.78, 5) is 23.3. The predicted octanol–water partition coefficient (Wildman–Crippen LogP) is 2.93. The lowest BCUT2D eigenvalue weighted by Gasteiger charge is -2.25. The van der Waals surface area contributed by atoms with Crippen molar-refractivity contribution in [3.05, 3.63) is 29.8 Å². The Morgan fingerprint density at radius 1 is 1.29 bits per heavy atom. The molecule has 134 valence electrons. The maximum Gasteiger partial charge on any atom is 0.422 e.